The zero-order chi connectivity index (χ0) is 13.8. The third kappa shape index (κ3) is 3.77. The fourth-order valence-electron chi connectivity index (χ4n) is 2.12. The van der Waals surface area contributed by atoms with Crippen LogP contribution in [0.25, 0.3) is 0 Å². The molecule has 1 amide bonds. The van der Waals surface area contributed by atoms with Crippen LogP contribution in [-0.4, -0.2) is 28.4 Å². The minimum atomic E-state index is 0.0985. The molecular weight excluding hydrogens is 256 g/mol. The monoisotopic (exact) mass is 276 g/mol. The third-order valence-electron chi connectivity index (χ3n) is 3.46. The molecule has 0 bridgehead atoms. The quantitative estimate of drug-likeness (QED) is 0.812. The molecule has 1 aliphatic rings. The van der Waals surface area contributed by atoms with Crippen LogP contribution in [-0.2, 0) is 6.42 Å². The summed E-state index contributed by atoms with van der Waals surface area (Å²) in [6.45, 7) is 2.74. The van der Waals surface area contributed by atoms with Gasteiger partial charge in [0.05, 0.1) is 4.99 Å². The largest absolute Gasteiger partial charge is 0.393 e. The van der Waals surface area contributed by atoms with Crippen molar-refractivity contribution in [3.63, 3.8) is 0 Å². The van der Waals surface area contributed by atoms with Crippen LogP contribution in [0.5, 0.6) is 0 Å². The molecule has 0 aliphatic heterocycles. The molecule has 102 valence electrons. The van der Waals surface area contributed by atoms with Gasteiger partial charge in [0, 0.05) is 24.6 Å². The van der Waals surface area contributed by atoms with E-state index in [1.807, 2.05) is 29.2 Å². The summed E-state index contributed by atoms with van der Waals surface area (Å²) in [5, 5.41) is 0. The minimum absolute atomic E-state index is 0.0985. The molecule has 1 saturated carbocycles. The SMILES string of the molecule is CCc1ccc(C(=O)N(CCC(N)=S)C2CC2)cc1. The van der Waals surface area contributed by atoms with Crippen molar-refractivity contribution in [1.29, 1.82) is 0 Å². The Morgan fingerprint density at radius 1 is 1.37 bits per heavy atom. The van der Waals surface area contributed by atoms with Gasteiger partial charge in [-0.1, -0.05) is 31.3 Å². The van der Waals surface area contributed by atoms with Crippen molar-refractivity contribution in [2.24, 2.45) is 5.73 Å². The number of thiocarbonyl (C=S) groups is 1. The van der Waals surface area contributed by atoms with Gasteiger partial charge in [-0.05, 0) is 37.0 Å². The first kappa shape index (κ1) is 14.0. The van der Waals surface area contributed by atoms with Crippen molar-refractivity contribution in [2.45, 2.75) is 38.6 Å². The van der Waals surface area contributed by atoms with Crippen molar-refractivity contribution in [2.75, 3.05) is 6.54 Å². The van der Waals surface area contributed by atoms with E-state index in [1.54, 1.807) is 0 Å². The fraction of sp³-hybridized carbons (Fsp3) is 0.467. The first-order valence-electron chi connectivity index (χ1n) is 6.80. The molecule has 0 unspecified atom stereocenters. The van der Waals surface area contributed by atoms with Crippen molar-refractivity contribution in [3.05, 3.63) is 35.4 Å². The Morgan fingerprint density at radius 3 is 2.47 bits per heavy atom. The standard InChI is InChI=1S/C15H20N2OS/c1-2-11-3-5-12(6-4-11)15(18)17(13-7-8-13)10-9-14(16)19/h3-6,13H,2,7-10H2,1H3,(H2,16,19). The van der Waals surface area contributed by atoms with Crippen LogP contribution in [0.4, 0.5) is 0 Å². The maximum Gasteiger partial charge on any atom is 0.254 e. The van der Waals surface area contributed by atoms with Gasteiger partial charge in [0.2, 0.25) is 0 Å². The van der Waals surface area contributed by atoms with Gasteiger partial charge in [0.15, 0.2) is 0 Å². The molecule has 0 spiro atoms. The zero-order valence-electron chi connectivity index (χ0n) is 11.3. The number of aryl methyl sites for hydroxylation is 1. The summed E-state index contributed by atoms with van der Waals surface area (Å²) in [4.78, 5) is 14.9. The first-order chi connectivity index (χ1) is 9.11. The lowest BCUT2D eigenvalue weighted by atomic mass is 10.1. The van der Waals surface area contributed by atoms with Gasteiger partial charge in [-0.15, -0.1) is 0 Å². The molecule has 2 N–H and O–H groups in total. The molecule has 3 nitrogen and oxygen atoms in total. The lowest BCUT2D eigenvalue weighted by Crippen LogP contribution is -2.35. The number of carbonyl (C=O) groups excluding carboxylic acids is 1. The van der Waals surface area contributed by atoms with Gasteiger partial charge in [0.1, 0.15) is 0 Å². The summed E-state index contributed by atoms with van der Waals surface area (Å²) >= 11 is 4.90. The summed E-state index contributed by atoms with van der Waals surface area (Å²) in [6.07, 6.45) is 3.78. The van der Waals surface area contributed by atoms with Crippen LogP contribution in [0.2, 0.25) is 0 Å². The predicted octanol–water partition coefficient (Wildman–Crippen LogP) is 2.53. The third-order valence-corrected chi connectivity index (χ3v) is 3.66. The van der Waals surface area contributed by atoms with Gasteiger partial charge >= 0.3 is 0 Å². The second-order valence-electron chi connectivity index (χ2n) is 5.00. The van der Waals surface area contributed by atoms with Crippen molar-refractivity contribution >= 4 is 23.1 Å². The Hall–Kier alpha value is -1.42. The number of nitrogens with two attached hydrogens (primary N) is 1. The van der Waals surface area contributed by atoms with E-state index in [0.717, 1.165) is 24.8 Å². The Balaban J connectivity index is 2.07. The summed E-state index contributed by atoms with van der Waals surface area (Å²) < 4.78 is 0. The maximum atomic E-state index is 12.5. The van der Waals surface area contributed by atoms with Crippen molar-refractivity contribution < 1.29 is 4.79 Å². The van der Waals surface area contributed by atoms with Crippen LogP contribution in [0.1, 0.15) is 42.1 Å². The molecule has 0 heterocycles. The van der Waals surface area contributed by atoms with E-state index in [1.165, 1.54) is 5.56 Å². The summed E-state index contributed by atoms with van der Waals surface area (Å²) in [7, 11) is 0. The second kappa shape index (κ2) is 6.15. The van der Waals surface area contributed by atoms with Crippen LogP contribution in [0.3, 0.4) is 0 Å². The maximum absolute atomic E-state index is 12.5. The molecule has 2 rings (SSSR count). The van der Waals surface area contributed by atoms with E-state index in [9.17, 15) is 4.79 Å². The van der Waals surface area contributed by atoms with E-state index < -0.39 is 0 Å². The summed E-state index contributed by atoms with van der Waals surface area (Å²) in [5.41, 5.74) is 7.54. The van der Waals surface area contributed by atoms with E-state index in [0.29, 0.717) is 24.0 Å². The lowest BCUT2D eigenvalue weighted by molar-refractivity contribution is 0.0748. The molecule has 4 heteroatoms. The second-order valence-corrected chi connectivity index (χ2v) is 5.52. The minimum Gasteiger partial charge on any atom is -0.393 e. The van der Waals surface area contributed by atoms with E-state index in [4.69, 9.17) is 18.0 Å². The average Bonchev–Trinajstić information content (AvgIpc) is 3.23. The van der Waals surface area contributed by atoms with Crippen LogP contribution in [0.15, 0.2) is 24.3 Å². The highest BCUT2D eigenvalue weighted by atomic mass is 32.1. The molecule has 1 aromatic rings. The van der Waals surface area contributed by atoms with E-state index >= 15 is 0 Å². The number of nitrogens with zero attached hydrogens (tertiary/aromatic N) is 1. The van der Waals surface area contributed by atoms with Crippen molar-refractivity contribution in [3.8, 4) is 0 Å². The Labute approximate surface area is 119 Å². The molecule has 1 aliphatic carbocycles. The lowest BCUT2D eigenvalue weighted by Gasteiger charge is -2.22. The topological polar surface area (TPSA) is 46.3 Å². The molecule has 19 heavy (non-hydrogen) atoms. The van der Waals surface area contributed by atoms with Gasteiger partial charge < -0.3 is 10.6 Å². The van der Waals surface area contributed by atoms with Crippen LogP contribution < -0.4 is 5.73 Å². The molecule has 0 aromatic heterocycles. The van der Waals surface area contributed by atoms with Crippen molar-refractivity contribution in [1.82, 2.24) is 4.90 Å². The normalized spacial score (nSPS) is 14.2. The van der Waals surface area contributed by atoms with Crippen LogP contribution >= 0.6 is 12.2 Å². The fourth-order valence-corrected chi connectivity index (χ4v) is 2.21. The number of hydrogen-bond acceptors (Lipinski definition) is 2. The predicted molar refractivity (Wildman–Crippen MR) is 81.3 cm³/mol. The molecule has 0 atom stereocenters. The number of amides is 1. The summed E-state index contributed by atoms with van der Waals surface area (Å²) in [6, 6.07) is 8.25. The van der Waals surface area contributed by atoms with Gasteiger partial charge in [-0.2, -0.15) is 0 Å². The molecule has 1 aromatic carbocycles. The van der Waals surface area contributed by atoms with Gasteiger partial charge in [-0.25, -0.2) is 0 Å². The highest BCUT2D eigenvalue weighted by Crippen LogP contribution is 2.28. The summed E-state index contributed by atoms with van der Waals surface area (Å²) in [5.74, 6) is 0.0985. The molecule has 0 radical (unpaired) electrons. The van der Waals surface area contributed by atoms with E-state index in [2.05, 4.69) is 6.92 Å². The average molecular weight is 276 g/mol. The Bertz CT molecular complexity index is 466. The highest BCUT2D eigenvalue weighted by molar-refractivity contribution is 7.80. The molecule has 1 fully saturated rings. The number of carbonyl (C=O) groups is 1. The Morgan fingerprint density at radius 2 is 2.00 bits per heavy atom. The molecular formula is C15H20N2OS. The highest BCUT2D eigenvalue weighted by Gasteiger charge is 2.32. The van der Waals surface area contributed by atoms with Gasteiger partial charge in [0.25, 0.3) is 5.91 Å². The molecule has 0 saturated heterocycles. The smallest absolute Gasteiger partial charge is 0.254 e. The number of rotatable bonds is 6. The van der Waals surface area contributed by atoms with E-state index in [-0.39, 0.29) is 5.91 Å². The Kier molecular flexibility index (Phi) is 4.53. The first-order valence-corrected chi connectivity index (χ1v) is 7.21. The van der Waals surface area contributed by atoms with Crippen LogP contribution in [0, 0.1) is 0 Å². The number of benzene rings is 1. The number of hydrogen-bond donors (Lipinski definition) is 1. The zero-order valence-corrected chi connectivity index (χ0v) is 12.1. The van der Waals surface area contributed by atoms with Gasteiger partial charge in [-0.3, -0.25) is 4.79 Å².